The molecular formula is C27H46N6O3S. The Balaban J connectivity index is 1.82. The van der Waals surface area contributed by atoms with E-state index in [9.17, 15) is 4.79 Å². The Kier molecular flexibility index (Phi) is 9.88. The van der Waals surface area contributed by atoms with E-state index in [1.165, 1.54) is 0 Å². The Bertz CT molecular complexity index is 1080. The van der Waals surface area contributed by atoms with E-state index in [4.69, 9.17) is 19.4 Å². The Hall–Kier alpha value is -2.30. The van der Waals surface area contributed by atoms with Crippen LogP contribution < -0.4 is 10.2 Å². The average molecular weight is 535 g/mol. The Morgan fingerprint density at radius 2 is 1.89 bits per heavy atom. The Morgan fingerprint density at radius 3 is 2.51 bits per heavy atom. The molecule has 0 atom stereocenters. The average Bonchev–Trinajstić information content (AvgIpc) is 3.16. The van der Waals surface area contributed by atoms with Crippen molar-refractivity contribution in [2.24, 2.45) is 0 Å². The first-order valence-electron chi connectivity index (χ1n) is 13.0. The number of carbonyl (C=O) groups excluding carboxylic acids is 1. The molecule has 0 bridgehead atoms. The summed E-state index contributed by atoms with van der Waals surface area (Å²) >= 11 is 0. The minimum Gasteiger partial charge on any atom is -0.444 e. The maximum atomic E-state index is 12.1. The van der Waals surface area contributed by atoms with Gasteiger partial charge in [-0.1, -0.05) is 6.08 Å². The molecule has 1 N–H and O–H groups in total. The molecule has 1 amide bonds. The maximum Gasteiger partial charge on any atom is 0.407 e. The molecule has 0 aliphatic carbocycles. The van der Waals surface area contributed by atoms with Gasteiger partial charge < -0.3 is 29.2 Å². The van der Waals surface area contributed by atoms with E-state index >= 15 is 0 Å². The summed E-state index contributed by atoms with van der Waals surface area (Å²) in [7, 11) is 1.54. The molecule has 1 saturated heterocycles. The number of allylic oxidation sites excluding steroid dienone is 1. The van der Waals surface area contributed by atoms with Crippen LogP contribution in [0.4, 0.5) is 10.6 Å². The number of hydrogen-bond donors (Lipinski definition) is 1. The lowest BCUT2D eigenvalue weighted by Crippen LogP contribution is -2.44. The fourth-order valence-corrected chi connectivity index (χ4v) is 4.70. The zero-order chi connectivity index (χ0) is 27.2. The second kappa shape index (κ2) is 12.5. The number of anilines is 1. The summed E-state index contributed by atoms with van der Waals surface area (Å²) in [4.78, 5) is 26.7. The van der Waals surface area contributed by atoms with Gasteiger partial charge in [-0.25, -0.2) is 24.8 Å². The first kappa shape index (κ1) is 29.3. The first-order chi connectivity index (χ1) is 17.4. The summed E-state index contributed by atoms with van der Waals surface area (Å²) in [5, 5.41) is 2.87. The van der Waals surface area contributed by atoms with Crippen molar-refractivity contribution in [2.75, 3.05) is 75.8 Å². The van der Waals surface area contributed by atoms with E-state index in [0.717, 1.165) is 66.7 Å². The van der Waals surface area contributed by atoms with Crippen molar-refractivity contribution in [1.82, 2.24) is 24.8 Å². The molecule has 208 valence electrons. The topological polar surface area (TPSA) is 84.7 Å². The van der Waals surface area contributed by atoms with E-state index in [1.807, 2.05) is 38.5 Å². The number of alkyl carbamates (subject to hydrolysis) is 1. The summed E-state index contributed by atoms with van der Waals surface area (Å²) in [6.45, 7) is 13.1. The van der Waals surface area contributed by atoms with E-state index in [-0.39, 0.29) is 0 Å². The van der Waals surface area contributed by atoms with Crippen LogP contribution in [0.25, 0.3) is 16.7 Å². The fourth-order valence-electron chi connectivity index (χ4n) is 4.08. The number of hydrogen-bond acceptors (Lipinski definition) is 7. The summed E-state index contributed by atoms with van der Waals surface area (Å²) in [6.07, 6.45) is 13.2. The van der Waals surface area contributed by atoms with Gasteiger partial charge in [0, 0.05) is 50.2 Å². The van der Waals surface area contributed by atoms with Crippen LogP contribution in [0.5, 0.6) is 0 Å². The van der Waals surface area contributed by atoms with Gasteiger partial charge in [-0.3, -0.25) is 0 Å². The van der Waals surface area contributed by atoms with E-state index in [1.54, 1.807) is 0 Å². The van der Waals surface area contributed by atoms with Crippen LogP contribution >= 0.6 is 10.0 Å². The standard InChI is InChI=1S/C27H46N6O3S/c1-9-21(10-11-28-26(34)36-27(2,3)4)22-19-33(20-35-16-17-37(6,7)8)25-24(22)30-23(18-29-25)32-14-12-31(5)13-15-32/h9,18-19H,10-17,20H2,1-8H3,(H,28,34)/b21-9+. The van der Waals surface area contributed by atoms with Crippen LogP contribution in [0.2, 0.25) is 0 Å². The van der Waals surface area contributed by atoms with Crippen molar-refractivity contribution < 1.29 is 14.3 Å². The highest BCUT2D eigenvalue weighted by atomic mass is 32.3. The molecule has 0 unspecified atom stereocenters. The molecule has 0 spiro atoms. The maximum absolute atomic E-state index is 12.1. The highest BCUT2D eigenvalue weighted by Crippen LogP contribution is 2.34. The van der Waals surface area contributed by atoms with Crippen LogP contribution in [-0.4, -0.2) is 102 Å². The van der Waals surface area contributed by atoms with Crippen molar-refractivity contribution in [2.45, 2.75) is 46.4 Å². The number of aromatic nitrogens is 3. The molecule has 9 nitrogen and oxygen atoms in total. The second-order valence-corrected chi connectivity index (χ2v) is 16.1. The van der Waals surface area contributed by atoms with Crippen molar-refractivity contribution in [3.8, 4) is 0 Å². The van der Waals surface area contributed by atoms with Crippen molar-refractivity contribution in [3.63, 3.8) is 0 Å². The number of amides is 1. The third kappa shape index (κ3) is 8.90. The van der Waals surface area contributed by atoms with Crippen LogP contribution in [0.3, 0.4) is 0 Å². The lowest BCUT2D eigenvalue weighted by molar-refractivity contribution is 0.0529. The summed E-state index contributed by atoms with van der Waals surface area (Å²) in [5.74, 6) is 1.97. The molecule has 1 fully saturated rings. The van der Waals surface area contributed by atoms with Crippen molar-refractivity contribution in [1.29, 1.82) is 0 Å². The number of rotatable bonds is 10. The predicted molar refractivity (Wildman–Crippen MR) is 156 cm³/mol. The molecule has 10 heteroatoms. The van der Waals surface area contributed by atoms with E-state index in [0.29, 0.717) is 19.7 Å². The van der Waals surface area contributed by atoms with Gasteiger partial charge in [-0.15, -0.1) is 0 Å². The highest BCUT2D eigenvalue weighted by Gasteiger charge is 2.21. The third-order valence-electron chi connectivity index (χ3n) is 6.21. The van der Waals surface area contributed by atoms with Gasteiger partial charge in [0.2, 0.25) is 0 Å². The molecule has 0 aromatic carbocycles. The molecule has 2 aromatic rings. The molecule has 2 aromatic heterocycles. The monoisotopic (exact) mass is 534 g/mol. The van der Waals surface area contributed by atoms with E-state index in [2.05, 4.69) is 53.2 Å². The molecule has 1 aliphatic rings. The number of piperazine rings is 1. The van der Waals surface area contributed by atoms with Crippen LogP contribution in [0.15, 0.2) is 18.5 Å². The van der Waals surface area contributed by atoms with E-state index < -0.39 is 21.7 Å². The normalized spacial score (nSPS) is 16.3. The molecule has 0 radical (unpaired) electrons. The van der Waals surface area contributed by atoms with Crippen LogP contribution in [0.1, 0.15) is 39.7 Å². The number of carbonyl (C=O) groups is 1. The molecular weight excluding hydrogens is 488 g/mol. The largest absolute Gasteiger partial charge is 0.444 e. The summed E-state index contributed by atoms with van der Waals surface area (Å²) in [6, 6.07) is 0. The van der Waals surface area contributed by atoms with Crippen molar-refractivity contribution >= 4 is 38.7 Å². The predicted octanol–water partition coefficient (Wildman–Crippen LogP) is 4.17. The highest BCUT2D eigenvalue weighted by molar-refractivity contribution is 8.32. The van der Waals surface area contributed by atoms with Crippen LogP contribution in [-0.2, 0) is 16.2 Å². The number of ether oxygens (including phenoxy) is 2. The smallest absolute Gasteiger partial charge is 0.407 e. The molecule has 0 saturated carbocycles. The molecule has 1 aliphatic heterocycles. The zero-order valence-electron chi connectivity index (χ0n) is 24.0. The lowest BCUT2D eigenvalue weighted by Gasteiger charge is -2.33. The SMILES string of the molecule is C/C=C(\CCNC(=O)OC(C)(C)C)c1cn(COCCS(C)(C)C)c2ncc(N3CCN(C)CC3)nc12. The minimum absolute atomic E-state index is 0.406. The minimum atomic E-state index is -0.609. The van der Waals surface area contributed by atoms with Crippen LogP contribution in [0, 0.1) is 0 Å². The van der Waals surface area contributed by atoms with Gasteiger partial charge in [0.25, 0.3) is 0 Å². The van der Waals surface area contributed by atoms with Gasteiger partial charge in [0.15, 0.2) is 5.65 Å². The third-order valence-corrected chi connectivity index (χ3v) is 7.60. The molecule has 37 heavy (non-hydrogen) atoms. The summed E-state index contributed by atoms with van der Waals surface area (Å²) in [5.41, 5.74) is 3.29. The number of fused-ring (bicyclic) bond motifs is 1. The summed E-state index contributed by atoms with van der Waals surface area (Å²) < 4.78 is 13.5. The number of nitrogens with zero attached hydrogens (tertiary/aromatic N) is 5. The first-order valence-corrected chi connectivity index (χ1v) is 16.0. The van der Waals surface area contributed by atoms with Gasteiger partial charge in [-0.2, -0.15) is 0 Å². The Morgan fingerprint density at radius 1 is 1.19 bits per heavy atom. The van der Waals surface area contributed by atoms with Gasteiger partial charge in [0.05, 0.1) is 12.8 Å². The van der Waals surface area contributed by atoms with Gasteiger partial charge >= 0.3 is 6.09 Å². The van der Waals surface area contributed by atoms with Gasteiger partial charge in [-0.05, 0) is 65.5 Å². The Labute approximate surface area is 223 Å². The molecule has 3 heterocycles. The zero-order valence-corrected chi connectivity index (χ0v) is 24.8. The quantitative estimate of drug-likeness (QED) is 0.458. The van der Waals surface area contributed by atoms with Crippen molar-refractivity contribution in [3.05, 3.63) is 24.0 Å². The fraction of sp³-hybridized carbons (Fsp3) is 0.667. The molecule has 3 rings (SSSR count). The number of nitrogens with one attached hydrogen (secondary N) is 1. The number of likely N-dealkylation sites (N-methyl/N-ethyl adjacent to an activating group) is 1. The lowest BCUT2D eigenvalue weighted by atomic mass is 10.1. The van der Waals surface area contributed by atoms with Gasteiger partial charge in [0.1, 0.15) is 23.7 Å². The second-order valence-electron chi connectivity index (χ2n) is 11.5.